The van der Waals surface area contributed by atoms with Crippen LogP contribution in [0.4, 0.5) is 0 Å². The summed E-state index contributed by atoms with van der Waals surface area (Å²) < 4.78 is 0. The Labute approximate surface area is 159 Å². The summed E-state index contributed by atoms with van der Waals surface area (Å²) in [6.45, 7) is 4.39. The van der Waals surface area contributed by atoms with Gasteiger partial charge in [0.2, 0.25) is 0 Å². The highest BCUT2D eigenvalue weighted by molar-refractivity contribution is 6.06. The van der Waals surface area contributed by atoms with Gasteiger partial charge in [-0.15, -0.1) is 0 Å². The van der Waals surface area contributed by atoms with Crippen LogP contribution in [0, 0.1) is 13.8 Å². The Morgan fingerprint density at radius 2 is 1.89 bits per heavy atom. The van der Waals surface area contributed by atoms with E-state index in [0.29, 0.717) is 17.8 Å². The van der Waals surface area contributed by atoms with Gasteiger partial charge in [0.25, 0.3) is 5.91 Å². The van der Waals surface area contributed by atoms with Gasteiger partial charge in [-0.1, -0.05) is 24.3 Å². The minimum atomic E-state index is -0.105. The molecule has 3 aromatic rings. The predicted molar refractivity (Wildman–Crippen MR) is 106 cm³/mol. The highest BCUT2D eigenvalue weighted by Gasteiger charge is 2.39. The number of carbonyl (C=O) groups excluding carboxylic acids is 1. The number of aryl methyl sites for hydroxylation is 2. The van der Waals surface area contributed by atoms with E-state index < -0.39 is 0 Å². The fourth-order valence-electron chi connectivity index (χ4n) is 4.09. The Morgan fingerprint density at radius 3 is 2.52 bits per heavy atom. The van der Waals surface area contributed by atoms with E-state index >= 15 is 0 Å². The normalized spacial score (nSPS) is 15.3. The second kappa shape index (κ2) is 6.46. The number of pyridine rings is 1. The van der Waals surface area contributed by atoms with Crippen LogP contribution in [-0.4, -0.2) is 52.2 Å². The number of rotatable bonds is 4. The fourth-order valence-corrected chi connectivity index (χ4v) is 4.09. The second-order valence-electron chi connectivity index (χ2n) is 7.78. The van der Waals surface area contributed by atoms with Crippen molar-refractivity contribution in [3.05, 3.63) is 58.4 Å². The lowest BCUT2D eigenvalue weighted by atomic mass is 9.93. The van der Waals surface area contributed by atoms with Crippen molar-refractivity contribution in [1.82, 2.24) is 25.4 Å². The summed E-state index contributed by atoms with van der Waals surface area (Å²) in [6.07, 6.45) is 1.87. The van der Waals surface area contributed by atoms with Crippen LogP contribution < -0.4 is 5.32 Å². The first-order chi connectivity index (χ1) is 12.9. The maximum atomic E-state index is 13.1. The Kier molecular flexibility index (Phi) is 4.23. The van der Waals surface area contributed by atoms with Crippen LogP contribution in [0.25, 0.3) is 11.0 Å². The molecule has 0 spiro atoms. The third-order valence-electron chi connectivity index (χ3n) is 5.76. The van der Waals surface area contributed by atoms with Gasteiger partial charge in [0.1, 0.15) is 0 Å². The molecule has 140 valence electrons. The molecule has 6 nitrogen and oxygen atoms in total. The van der Waals surface area contributed by atoms with Gasteiger partial charge in [-0.2, -0.15) is 5.10 Å². The van der Waals surface area contributed by atoms with Crippen molar-refractivity contribution in [2.75, 3.05) is 20.6 Å². The molecule has 4 rings (SSSR count). The molecule has 0 aliphatic heterocycles. The van der Waals surface area contributed by atoms with Crippen molar-refractivity contribution in [1.29, 1.82) is 0 Å². The summed E-state index contributed by atoms with van der Waals surface area (Å²) in [5.41, 5.74) is 5.50. The van der Waals surface area contributed by atoms with E-state index in [1.807, 2.05) is 19.9 Å². The van der Waals surface area contributed by atoms with Crippen molar-refractivity contribution < 1.29 is 4.79 Å². The maximum Gasteiger partial charge on any atom is 0.252 e. The Bertz CT molecular complexity index is 996. The zero-order valence-electron chi connectivity index (χ0n) is 16.3. The van der Waals surface area contributed by atoms with E-state index in [-0.39, 0.29) is 11.4 Å². The molecule has 1 aliphatic carbocycles. The molecule has 0 radical (unpaired) electrons. The smallest absolute Gasteiger partial charge is 0.252 e. The van der Waals surface area contributed by atoms with Crippen molar-refractivity contribution in [2.45, 2.75) is 32.2 Å². The molecule has 0 saturated carbocycles. The van der Waals surface area contributed by atoms with E-state index in [2.05, 4.69) is 63.8 Å². The predicted octanol–water partition coefficient (Wildman–Crippen LogP) is 2.40. The summed E-state index contributed by atoms with van der Waals surface area (Å²) in [5.74, 6) is -0.0767. The molecule has 1 amide bonds. The molecule has 0 atom stereocenters. The number of benzene rings is 1. The van der Waals surface area contributed by atoms with Crippen LogP contribution >= 0.6 is 0 Å². The molecule has 2 aromatic heterocycles. The van der Waals surface area contributed by atoms with Gasteiger partial charge < -0.3 is 10.2 Å². The number of fused-ring (bicyclic) bond motifs is 2. The summed E-state index contributed by atoms with van der Waals surface area (Å²) >= 11 is 0. The first kappa shape index (κ1) is 17.7. The number of likely N-dealkylation sites (N-methyl/N-ethyl adjacent to an activating group) is 1. The summed E-state index contributed by atoms with van der Waals surface area (Å²) in [4.78, 5) is 19.7. The first-order valence-electron chi connectivity index (χ1n) is 9.24. The number of aromatic amines is 1. The monoisotopic (exact) mass is 363 g/mol. The van der Waals surface area contributed by atoms with Crippen LogP contribution in [0.5, 0.6) is 0 Å². The molecular formula is C21H25N5O. The van der Waals surface area contributed by atoms with Gasteiger partial charge in [0, 0.05) is 23.5 Å². The lowest BCUT2D eigenvalue weighted by molar-refractivity contribution is 0.0904. The number of nitrogens with one attached hydrogen (secondary N) is 2. The largest absolute Gasteiger partial charge is 0.350 e. The Morgan fingerprint density at radius 1 is 1.22 bits per heavy atom. The molecule has 0 unspecified atom stereocenters. The minimum Gasteiger partial charge on any atom is -0.350 e. The van der Waals surface area contributed by atoms with Crippen LogP contribution in [-0.2, 0) is 12.8 Å². The van der Waals surface area contributed by atoms with Gasteiger partial charge in [0.15, 0.2) is 5.65 Å². The van der Waals surface area contributed by atoms with E-state index in [4.69, 9.17) is 0 Å². The molecule has 0 saturated heterocycles. The zero-order valence-corrected chi connectivity index (χ0v) is 16.3. The van der Waals surface area contributed by atoms with Gasteiger partial charge in [0.05, 0.1) is 10.9 Å². The standard InChI is InChI=1S/C21H25N5O/c1-13-9-17(18-14(2)24-25-19(18)23-13)20(27)22-12-21(26(3)4)10-15-7-5-6-8-16(15)11-21/h5-9H,10-12H2,1-4H3,(H,22,27)(H,23,24,25). The van der Waals surface area contributed by atoms with E-state index in [9.17, 15) is 4.79 Å². The van der Waals surface area contributed by atoms with Crippen molar-refractivity contribution >= 4 is 16.9 Å². The number of nitrogens with zero attached hydrogens (tertiary/aromatic N) is 3. The molecule has 6 heteroatoms. The average molecular weight is 363 g/mol. The van der Waals surface area contributed by atoms with Crippen LogP contribution in [0.15, 0.2) is 30.3 Å². The van der Waals surface area contributed by atoms with Crippen LogP contribution in [0.2, 0.25) is 0 Å². The molecule has 0 fully saturated rings. The van der Waals surface area contributed by atoms with E-state index in [1.54, 1.807) is 0 Å². The first-order valence-corrected chi connectivity index (χ1v) is 9.24. The number of carbonyl (C=O) groups is 1. The van der Waals surface area contributed by atoms with Crippen LogP contribution in [0.1, 0.15) is 32.9 Å². The van der Waals surface area contributed by atoms with Gasteiger partial charge >= 0.3 is 0 Å². The summed E-state index contributed by atoms with van der Waals surface area (Å²) in [5, 5.41) is 11.1. The highest BCUT2D eigenvalue weighted by Crippen LogP contribution is 2.33. The lowest BCUT2D eigenvalue weighted by Crippen LogP contribution is -2.53. The second-order valence-corrected chi connectivity index (χ2v) is 7.78. The SMILES string of the molecule is Cc1cc(C(=O)NCC2(N(C)C)Cc3ccccc3C2)c2c(C)[nH]nc2n1. The molecule has 1 aliphatic rings. The third-order valence-corrected chi connectivity index (χ3v) is 5.76. The fraction of sp³-hybridized carbons (Fsp3) is 0.381. The summed E-state index contributed by atoms with van der Waals surface area (Å²) in [6, 6.07) is 10.4. The third kappa shape index (κ3) is 3.00. The number of amides is 1. The molecule has 0 bridgehead atoms. The van der Waals surface area contributed by atoms with Gasteiger partial charge in [-0.25, -0.2) is 4.98 Å². The molecular weight excluding hydrogens is 338 g/mol. The van der Waals surface area contributed by atoms with Gasteiger partial charge in [-0.3, -0.25) is 9.89 Å². The van der Waals surface area contributed by atoms with Crippen LogP contribution in [0.3, 0.4) is 0 Å². The molecule has 27 heavy (non-hydrogen) atoms. The van der Waals surface area contributed by atoms with Crippen molar-refractivity contribution in [2.24, 2.45) is 0 Å². The highest BCUT2D eigenvalue weighted by atomic mass is 16.1. The number of hydrogen-bond donors (Lipinski definition) is 2. The average Bonchev–Trinajstić information content (AvgIpc) is 3.20. The van der Waals surface area contributed by atoms with Crippen molar-refractivity contribution in [3.8, 4) is 0 Å². The molecule has 1 aromatic carbocycles. The lowest BCUT2D eigenvalue weighted by Gasteiger charge is -2.36. The number of aromatic nitrogens is 3. The van der Waals surface area contributed by atoms with Crippen molar-refractivity contribution in [3.63, 3.8) is 0 Å². The summed E-state index contributed by atoms with van der Waals surface area (Å²) in [7, 11) is 4.18. The zero-order chi connectivity index (χ0) is 19.2. The number of hydrogen-bond acceptors (Lipinski definition) is 4. The quantitative estimate of drug-likeness (QED) is 0.746. The Hall–Kier alpha value is -2.73. The molecule has 2 N–H and O–H groups in total. The minimum absolute atomic E-state index is 0.0767. The molecule has 2 heterocycles. The van der Waals surface area contributed by atoms with Gasteiger partial charge in [-0.05, 0) is 58.0 Å². The van der Waals surface area contributed by atoms with E-state index in [1.165, 1.54) is 11.1 Å². The number of H-pyrrole nitrogens is 1. The Balaban J connectivity index is 1.60. The van der Waals surface area contributed by atoms with E-state index in [0.717, 1.165) is 29.6 Å². The topological polar surface area (TPSA) is 73.9 Å². The maximum absolute atomic E-state index is 13.1.